The molecule has 0 saturated heterocycles. The van der Waals surface area contributed by atoms with Gasteiger partial charge in [-0.1, -0.05) is 19.4 Å². The van der Waals surface area contributed by atoms with Crippen LogP contribution in [0.3, 0.4) is 0 Å². The summed E-state index contributed by atoms with van der Waals surface area (Å²) in [5, 5.41) is 2.67. The van der Waals surface area contributed by atoms with Gasteiger partial charge in [0.05, 0.1) is 5.56 Å². The van der Waals surface area contributed by atoms with Crippen LogP contribution < -0.4 is 15.0 Å². The molecule has 0 aliphatic heterocycles. The second-order valence-corrected chi connectivity index (χ2v) is 7.58. The van der Waals surface area contributed by atoms with Crippen LogP contribution in [0.15, 0.2) is 54.9 Å². The summed E-state index contributed by atoms with van der Waals surface area (Å²) in [6, 6.07) is 10.5. The zero-order valence-electron chi connectivity index (χ0n) is 18.6. The molecule has 1 N–H and O–H groups in total. The number of anilines is 2. The van der Waals surface area contributed by atoms with E-state index in [0.717, 1.165) is 54.2 Å². The molecule has 1 aromatic carbocycles. The van der Waals surface area contributed by atoms with Crippen molar-refractivity contribution in [3.05, 3.63) is 66.1 Å². The lowest BCUT2D eigenvalue weighted by atomic mass is 10.0. The standard InChI is InChI=1S/C24H25F3N4O2/c1-4-5-12-31(3)22-21(17-7-6-16(2)28-14-17)13-18(15-29-22)23(32)30-19-8-10-20(11-9-19)33-24(25,26)27/h6-11,13-15H,4-5,12H2,1-3H3,(H,30,32). The number of pyridine rings is 2. The second-order valence-electron chi connectivity index (χ2n) is 7.58. The van der Waals surface area contributed by atoms with E-state index in [1.54, 1.807) is 12.3 Å². The van der Waals surface area contributed by atoms with E-state index in [1.807, 2.05) is 31.0 Å². The molecule has 2 aromatic heterocycles. The molecule has 0 aliphatic carbocycles. The molecule has 1 amide bonds. The zero-order valence-corrected chi connectivity index (χ0v) is 18.6. The van der Waals surface area contributed by atoms with Crippen LogP contribution in [-0.2, 0) is 0 Å². The summed E-state index contributed by atoms with van der Waals surface area (Å²) >= 11 is 0. The lowest BCUT2D eigenvalue weighted by Gasteiger charge is -2.21. The molecule has 0 fully saturated rings. The average molecular weight is 458 g/mol. The van der Waals surface area contributed by atoms with Gasteiger partial charge in [0, 0.05) is 48.5 Å². The molecule has 174 valence electrons. The summed E-state index contributed by atoms with van der Waals surface area (Å²) in [4.78, 5) is 23.8. The average Bonchev–Trinajstić information content (AvgIpc) is 2.78. The molecular weight excluding hydrogens is 433 g/mol. The highest BCUT2D eigenvalue weighted by molar-refractivity contribution is 6.05. The van der Waals surface area contributed by atoms with Gasteiger partial charge in [-0.2, -0.15) is 0 Å². The van der Waals surface area contributed by atoms with Crippen molar-refractivity contribution >= 4 is 17.4 Å². The van der Waals surface area contributed by atoms with Crippen LogP contribution in [0.25, 0.3) is 11.1 Å². The Morgan fingerprint density at radius 1 is 1.09 bits per heavy atom. The van der Waals surface area contributed by atoms with E-state index in [9.17, 15) is 18.0 Å². The molecule has 3 rings (SSSR count). The highest BCUT2D eigenvalue weighted by Gasteiger charge is 2.31. The van der Waals surface area contributed by atoms with Crippen LogP contribution in [0.1, 0.15) is 35.8 Å². The monoisotopic (exact) mass is 458 g/mol. The van der Waals surface area contributed by atoms with Gasteiger partial charge in [0.2, 0.25) is 0 Å². The number of aryl methyl sites for hydroxylation is 1. The molecule has 0 atom stereocenters. The maximum atomic E-state index is 12.8. The van der Waals surface area contributed by atoms with Gasteiger partial charge >= 0.3 is 6.36 Å². The van der Waals surface area contributed by atoms with Gasteiger partial charge in [-0.25, -0.2) is 4.98 Å². The topological polar surface area (TPSA) is 67.4 Å². The van der Waals surface area contributed by atoms with Crippen molar-refractivity contribution in [1.82, 2.24) is 9.97 Å². The highest BCUT2D eigenvalue weighted by atomic mass is 19.4. The number of alkyl halides is 3. The first-order valence-electron chi connectivity index (χ1n) is 10.5. The fourth-order valence-electron chi connectivity index (χ4n) is 3.17. The van der Waals surface area contributed by atoms with Crippen molar-refractivity contribution in [2.75, 3.05) is 23.8 Å². The van der Waals surface area contributed by atoms with Crippen LogP contribution in [0.5, 0.6) is 5.75 Å². The number of hydrogen-bond acceptors (Lipinski definition) is 5. The molecule has 0 unspecified atom stereocenters. The Morgan fingerprint density at radius 3 is 2.42 bits per heavy atom. The third-order valence-electron chi connectivity index (χ3n) is 4.91. The Labute approximate surface area is 190 Å². The number of ether oxygens (including phenoxy) is 1. The van der Waals surface area contributed by atoms with Gasteiger partial charge in [-0.05, 0) is 49.7 Å². The molecule has 33 heavy (non-hydrogen) atoms. The van der Waals surface area contributed by atoms with Gasteiger partial charge in [-0.3, -0.25) is 9.78 Å². The third-order valence-corrected chi connectivity index (χ3v) is 4.91. The van der Waals surface area contributed by atoms with Gasteiger partial charge in [0.25, 0.3) is 5.91 Å². The first-order valence-corrected chi connectivity index (χ1v) is 10.5. The maximum absolute atomic E-state index is 12.8. The minimum atomic E-state index is -4.77. The molecule has 9 heteroatoms. The van der Waals surface area contributed by atoms with Crippen LogP contribution in [0, 0.1) is 6.92 Å². The lowest BCUT2D eigenvalue weighted by Crippen LogP contribution is -2.21. The number of amides is 1. The molecular formula is C24H25F3N4O2. The summed E-state index contributed by atoms with van der Waals surface area (Å²) in [7, 11) is 1.95. The molecule has 6 nitrogen and oxygen atoms in total. The number of hydrogen-bond donors (Lipinski definition) is 1. The number of carbonyl (C=O) groups is 1. The Hall–Kier alpha value is -3.62. The predicted molar refractivity (Wildman–Crippen MR) is 121 cm³/mol. The zero-order chi connectivity index (χ0) is 24.0. The SMILES string of the molecule is CCCCN(C)c1ncc(C(=O)Nc2ccc(OC(F)(F)F)cc2)cc1-c1ccc(C)nc1. The van der Waals surface area contributed by atoms with E-state index in [2.05, 4.69) is 26.9 Å². The van der Waals surface area contributed by atoms with Crippen LogP contribution in [0.2, 0.25) is 0 Å². The summed E-state index contributed by atoms with van der Waals surface area (Å²) in [6.45, 7) is 4.82. The first-order chi connectivity index (χ1) is 15.7. The van der Waals surface area contributed by atoms with E-state index in [-0.39, 0.29) is 5.75 Å². The normalized spacial score (nSPS) is 11.2. The van der Waals surface area contributed by atoms with Gasteiger partial charge in [-0.15, -0.1) is 13.2 Å². The Balaban J connectivity index is 1.85. The highest BCUT2D eigenvalue weighted by Crippen LogP contribution is 2.30. The molecule has 0 radical (unpaired) electrons. The van der Waals surface area contributed by atoms with E-state index >= 15 is 0 Å². The van der Waals surface area contributed by atoms with Crippen LogP contribution >= 0.6 is 0 Å². The van der Waals surface area contributed by atoms with Gasteiger partial charge in [0.1, 0.15) is 11.6 Å². The van der Waals surface area contributed by atoms with E-state index < -0.39 is 12.3 Å². The number of unbranched alkanes of at least 4 members (excludes halogenated alkanes) is 1. The summed E-state index contributed by atoms with van der Waals surface area (Å²) in [6.07, 6.45) is 0.493. The van der Waals surface area contributed by atoms with E-state index in [0.29, 0.717) is 11.3 Å². The van der Waals surface area contributed by atoms with Crippen LogP contribution in [0.4, 0.5) is 24.7 Å². The molecule has 3 aromatic rings. The van der Waals surface area contributed by atoms with Crippen molar-refractivity contribution in [3.63, 3.8) is 0 Å². The number of nitrogens with one attached hydrogen (secondary N) is 1. The van der Waals surface area contributed by atoms with Gasteiger partial charge in [0.15, 0.2) is 0 Å². The molecule has 0 spiro atoms. The Morgan fingerprint density at radius 2 is 1.82 bits per heavy atom. The van der Waals surface area contributed by atoms with Crippen molar-refractivity contribution in [3.8, 4) is 16.9 Å². The van der Waals surface area contributed by atoms with E-state index in [4.69, 9.17) is 0 Å². The smallest absolute Gasteiger partial charge is 0.406 e. The fourth-order valence-corrected chi connectivity index (χ4v) is 3.17. The Kier molecular flexibility index (Phi) is 7.52. The number of aromatic nitrogens is 2. The number of benzene rings is 1. The largest absolute Gasteiger partial charge is 0.573 e. The predicted octanol–water partition coefficient (Wildman–Crippen LogP) is 5.84. The quantitative estimate of drug-likeness (QED) is 0.459. The number of halogens is 3. The minimum Gasteiger partial charge on any atom is -0.406 e. The Bertz CT molecular complexity index is 1080. The van der Waals surface area contributed by atoms with Gasteiger partial charge < -0.3 is 15.0 Å². The number of rotatable bonds is 8. The van der Waals surface area contributed by atoms with Crippen molar-refractivity contribution < 1.29 is 22.7 Å². The molecule has 0 bridgehead atoms. The van der Waals surface area contributed by atoms with Crippen molar-refractivity contribution in [1.29, 1.82) is 0 Å². The third kappa shape index (κ3) is 6.68. The number of carbonyl (C=O) groups excluding carboxylic acids is 1. The van der Waals surface area contributed by atoms with E-state index in [1.165, 1.54) is 18.3 Å². The fraction of sp³-hybridized carbons (Fsp3) is 0.292. The van der Waals surface area contributed by atoms with Crippen LogP contribution in [-0.4, -0.2) is 35.8 Å². The maximum Gasteiger partial charge on any atom is 0.573 e. The summed E-state index contributed by atoms with van der Waals surface area (Å²) in [5.74, 6) is -0.0637. The van der Waals surface area contributed by atoms with Crippen molar-refractivity contribution in [2.24, 2.45) is 0 Å². The summed E-state index contributed by atoms with van der Waals surface area (Å²) in [5.41, 5.74) is 3.11. The molecule has 0 saturated carbocycles. The summed E-state index contributed by atoms with van der Waals surface area (Å²) < 4.78 is 40.8. The first kappa shape index (κ1) is 24.0. The molecule has 0 aliphatic rings. The van der Waals surface area contributed by atoms with Crippen molar-refractivity contribution in [2.45, 2.75) is 33.1 Å². The number of nitrogens with zero attached hydrogens (tertiary/aromatic N) is 3. The molecule has 2 heterocycles. The minimum absolute atomic E-state index is 0.314. The lowest BCUT2D eigenvalue weighted by molar-refractivity contribution is -0.274. The second kappa shape index (κ2) is 10.3.